The summed E-state index contributed by atoms with van der Waals surface area (Å²) in [4.78, 5) is 26.0. The summed E-state index contributed by atoms with van der Waals surface area (Å²) in [5.41, 5.74) is 2.78. The van der Waals surface area contributed by atoms with Gasteiger partial charge in [-0.15, -0.1) is 0 Å². The van der Waals surface area contributed by atoms with Crippen molar-refractivity contribution in [3.8, 4) is 5.75 Å². The van der Waals surface area contributed by atoms with Gasteiger partial charge in [-0.2, -0.15) is 0 Å². The van der Waals surface area contributed by atoms with E-state index >= 15 is 0 Å². The molecule has 23 heavy (non-hydrogen) atoms. The normalized spacial score (nSPS) is 11.7. The Hall–Kier alpha value is -2.62. The molecule has 0 spiro atoms. The zero-order valence-electron chi connectivity index (χ0n) is 13.9. The SMILES string of the molecule is Cc1ccc(C(=O)C(C)N(C)C(=O)Oc2ccccc2)cc1C. The molecule has 0 saturated carbocycles. The number of hydrogen-bond acceptors (Lipinski definition) is 3. The van der Waals surface area contributed by atoms with Crippen LogP contribution in [0, 0.1) is 13.8 Å². The molecule has 0 aliphatic heterocycles. The van der Waals surface area contributed by atoms with Gasteiger partial charge in [0.2, 0.25) is 0 Å². The van der Waals surface area contributed by atoms with Gasteiger partial charge in [0, 0.05) is 12.6 Å². The molecule has 120 valence electrons. The molecule has 4 heteroatoms. The summed E-state index contributed by atoms with van der Waals surface area (Å²) in [5, 5.41) is 0. The van der Waals surface area contributed by atoms with E-state index in [9.17, 15) is 9.59 Å². The van der Waals surface area contributed by atoms with E-state index in [-0.39, 0.29) is 5.78 Å². The maximum atomic E-state index is 12.6. The number of carbonyl (C=O) groups is 2. The Morgan fingerprint density at radius 1 is 1.00 bits per heavy atom. The molecule has 4 nitrogen and oxygen atoms in total. The van der Waals surface area contributed by atoms with Gasteiger partial charge in [0.05, 0.1) is 6.04 Å². The number of Topliss-reactive ketones (excluding diaryl/α,β-unsaturated/α-hetero) is 1. The predicted molar refractivity (Wildman–Crippen MR) is 89.9 cm³/mol. The van der Waals surface area contributed by atoms with Crippen molar-refractivity contribution in [2.45, 2.75) is 26.8 Å². The van der Waals surface area contributed by atoms with E-state index < -0.39 is 12.1 Å². The molecule has 0 fully saturated rings. The van der Waals surface area contributed by atoms with Crippen LogP contribution in [0.2, 0.25) is 0 Å². The van der Waals surface area contributed by atoms with Gasteiger partial charge in [-0.25, -0.2) is 4.79 Å². The zero-order valence-corrected chi connectivity index (χ0v) is 13.9. The van der Waals surface area contributed by atoms with Crippen molar-refractivity contribution in [2.24, 2.45) is 0 Å². The smallest absolute Gasteiger partial charge is 0.410 e. The Labute approximate surface area is 136 Å². The lowest BCUT2D eigenvalue weighted by Crippen LogP contribution is -2.41. The number of rotatable bonds is 4. The lowest BCUT2D eigenvalue weighted by atomic mass is 10.00. The highest BCUT2D eigenvalue weighted by Gasteiger charge is 2.25. The first-order valence-electron chi connectivity index (χ1n) is 7.51. The van der Waals surface area contributed by atoms with Crippen molar-refractivity contribution in [2.75, 3.05) is 7.05 Å². The molecule has 0 aliphatic carbocycles. The van der Waals surface area contributed by atoms with Crippen LogP contribution < -0.4 is 4.74 Å². The number of ether oxygens (including phenoxy) is 1. The molecule has 1 atom stereocenters. The number of benzene rings is 2. The van der Waals surface area contributed by atoms with E-state index in [0.29, 0.717) is 11.3 Å². The number of ketones is 1. The monoisotopic (exact) mass is 311 g/mol. The molecular formula is C19H21NO3. The second-order valence-corrected chi connectivity index (χ2v) is 5.63. The number of carbonyl (C=O) groups excluding carboxylic acids is 2. The van der Waals surface area contributed by atoms with E-state index in [2.05, 4.69) is 0 Å². The minimum absolute atomic E-state index is 0.111. The van der Waals surface area contributed by atoms with E-state index in [1.54, 1.807) is 44.3 Å². The van der Waals surface area contributed by atoms with Gasteiger partial charge in [-0.1, -0.05) is 30.3 Å². The zero-order chi connectivity index (χ0) is 17.0. The standard InChI is InChI=1S/C19H21NO3/c1-13-10-11-16(12-14(13)2)18(21)15(3)20(4)19(22)23-17-8-6-5-7-9-17/h5-12,15H,1-4H3. The van der Waals surface area contributed by atoms with Crippen molar-refractivity contribution in [3.63, 3.8) is 0 Å². The van der Waals surface area contributed by atoms with Crippen LogP contribution in [0.4, 0.5) is 4.79 Å². The summed E-state index contributed by atoms with van der Waals surface area (Å²) in [6.07, 6.45) is -0.555. The maximum Gasteiger partial charge on any atom is 0.415 e. The van der Waals surface area contributed by atoms with Crippen molar-refractivity contribution in [1.29, 1.82) is 0 Å². The molecule has 1 amide bonds. The van der Waals surface area contributed by atoms with Crippen LogP contribution in [0.1, 0.15) is 28.4 Å². The first kappa shape index (κ1) is 16.7. The van der Waals surface area contributed by atoms with Gasteiger partial charge in [-0.05, 0) is 50.1 Å². The summed E-state index contributed by atoms with van der Waals surface area (Å²) in [7, 11) is 1.56. The topological polar surface area (TPSA) is 46.6 Å². The second-order valence-electron chi connectivity index (χ2n) is 5.63. The van der Waals surface area contributed by atoms with Crippen LogP contribution in [0.5, 0.6) is 5.75 Å². The van der Waals surface area contributed by atoms with Crippen molar-refractivity contribution in [1.82, 2.24) is 4.90 Å². The van der Waals surface area contributed by atoms with Gasteiger partial charge < -0.3 is 9.64 Å². The fourth-order valence-corrected chi connectivity index (χ4v) is 2.13. The van der Waals surface area contributed by atoms with Crippen LogP contribution in [-0.4, -0.2) is 29.9 Å². The minimum atomic E-state index is -0.603. The Balaban J connectivity index is 2.08. The number of nitrogens with zero attached hydrogens (tertiary/aromatic N) is 1. The van der Waals surface area contributed by atoms with E-state index in [1.165, 1.54) is 4.90 Å². The molecule has 2 rings (SSSR count). The molecule has 0 aromatic heterocycles. The summed E-state index contributed by atoms with van der Waals surface area (Å²) >= 11 is 0. The minimum Gasteiger partial charge on any atom is -0.410 e. The van der Waals surface area contributed by atoms with Gasteiger partial charge in [0.25, 0.3) is 0 Å². The molecule has 0 heterocycles. The van der Waals surface area contributed by atoms with E-state index in [4.69, 9.17) is 4.74 Å². The molecule has 2 aromatic carbocycles. The van der Waals surface area contributed by atoms with Crippen LogP contribution in [0.15, 0.2) is 48.5 Å². The number of likely N-dealkylation sites (N-methyl/N-ethyl adjacent to an activating group) is 1. The summed E-state index contributed by atoms with van der Waals surface area (Å²) in [5.74, 6) is 0.343. The molecule has 2 aromatic rings. The highest BCUT2D eigenvalue weighted by molar-refractivity contribution is 6.01. The molecule has 1 unspecified atom stereocenters. The van der Waals surface area contributed by atoms with Crippen molar-refractivity contribution >= 4 is 11.9 Å². The molecule has 0 saturated heterocycles. The van der Waals surface area contributed by atoms with Gasteiger partial charge in [0.15, 0.2) is 5.78 Å². The highest BCUT2D eigenvalue weighted by atomic mass is 16.6. The summed E-state index contributed by atoms with van der Waals surface area (Å²) in [6.45, 7) is 5.66. The quantitative estimate of drug-likeness (QED) is 0.802. The fourth-order valence-electron chi connectivity index (χ4n) is 2.13. The molecular weight excluding hydrogens is 290 g/mol. The number of para-hydroxylation sites is 1. The summed E-state index contributed by atoms with van der Waals surface area (Å²) in [6, 6.07) is 13.8. The lowest BCUT2D eigenvalue weighted by molar-refractivity contribution is 0.0854. The van der Waals surface area contributed by atoms with Crippen LogP contribution in [-0.2, 0) is 0 Å². The van der Waals surface area contributed by atoms with Crippen LogP contribution in [0.25, 0.3) is 0 Å². The Morgan fingerprint density at radius 3 is 2.26 bits per heavy atom. The Bertz CT molecular complexity index is 710. The maximum absolute atomic E-state index is 12.6. The van der Waals surface area contributed by atoms with Crippen LogP contribution in [0.3, 0.4) is 0 Å². The molecule has 0 bridgehead atoms. The number of aryl methyl sites for hydroxylation is 2. The van der Waals surface area contributed by atoms with Gasteiger partial charge in [-0.3, -0.25) is 4.79 Å². The van der Waals surface area contributed by atoms with Gasteiger partial charge >= 0.3 is 6.09 Å². The fraction of sp³-hybridized carbons (Fsp3) is 0.263. The largest absolute Gasteiger partial charge is 0.415 e. The van der Waals surface area contributed by atoms with Crippen molar-refractivity contribution < 1.29 is 14.3 Å². The second kappa shape index (κ2) is 7.09. The van der Waals surface area contributed by atoms with Crippen LogP contribution >= 0.6 is 0 Å². The first-order chi connectivity index (χ1) is 10.9. The van der Waals surface area contributed by atoms with Gasteiger partial charge in [0.1, 0.15) is 5.75 Å². The van der Waals surface area contributed by atoms with Crippen molar-refractivity contribution in [3.05, 3.63) is 65.2 Å². The van der Waals surface area contributed by atoms with E-state index in [1.807, 2.05) is 32.0 Å². The predicted octanol–water partition coefficient (Wildman–Crippen LogP) is 4.01. The summed E-state index contributed by atoms with van der Waals surface area (Å²) < 4.78 is 5.26. The average molecular weight is 311 g/mol. The molecule has 0 aliphatic rings. The Kier molecular flexibility index (Phi) is 5.16. The lowest BCUT2D eigenvalue weighted by Gasteiger charge is -2.23. The number of amides is 1. The Morgan fingerprint density at radius 2 is 1.65 bits per heavy atom. The first-order valence-corrected chi connectivity index (χ1v) is 7.51. The molecule has 0 N–H and O–H groups in total. The average Bonchev–Trinajstić information content (AvgIpc) is 2.56. The molecule has 0 radical (unpaired) electrons. The third-order valence-electron chi connectivity index (χ3n) is 3.99. The third-order valence-corrected chi connectivity index (χ3v) is 3.99. The number of hydrogen-bond donors (Lipinski definition) is 0. The highest BCUT2D eigenvalue weighted by Crippen LogP contribution is 2.15. The van der Waals surface area contributed by atoms with E-state index in [0.717, 1.165) is 11.1 Å². The third kappa shape index (κ3) is 3.97.